The second kappa shape index (κ2) is 14.5. The Morgan fingerprint density at radius 3 is 2.36 bits per heavy atom. The zero-order valence-corrected chi connectivity index (χ0v) is 26.5. The number of benzene rings is 3. The number of methoxy groups -OCH3 is 1. The number of nitrogens with zero attached hydrogens (tertiary/aromatic N) is 2. The van der Waals surface area contributed by atoms with E-state index in [1.54, 1.807) is 37.3 Å². The van der Waals surface area contributed by atoms with E-state index in [4.69, 9.17) is 19.0 Å². The Kier molecular flexibility index (Phi) is 11.5. The van der Waals surface area contributed by atoms with E-state index >= 15 is 4.39 Å². The van der Waals surface area contributed by atoms with Crippen LogP contribution in [0.15, 0.2) is 75.9 Å². The first-order chi connectivity index (χ1) is 20.4. The molecule has 0 aliphatic heterocycles. The van der Waals surface area contributed by atoms with Crippen molar-refractivity contribution in [1.82, 2.24) is 15.0 Å². The van der Waals surface area contributed by atoms with Crippen molar-refractivity contribution in [2.45, 2.75) is 45.1 Å². The number of alkyl halides is 3. The van der Waals surface area contributed by atoms with Crippen LogP contribution in [0.1, 0.15) is 43.6 Å². The predicted octanol–water partition coefficient (Wildman–Crippen LogP) is 4.22. The number of carbonyl (C=O) groups is 1. The maximum atomic E-state index is 15.5. The zero-order chi connectivity index (χ0) is 31.4. The van der Waals surface area contributed by atoms with Gasteiger partial charge in [0.25, 0.3) is 0 Å². The van der Waals surface area contributed by atoms with Gasteiger partial charge in [-0.1, -0.05) is 42.5 Å². The Labute approximate surface area is 273 Å². The van der Waals surface area contributed by atoms with Gasteiger partial charge in [-0.05, 0) is 61.6 Å². The number of ether oxygens (including phenoxy) is 1. The number of halogens is 5. The third-order valence-electron chi connectivity index (χ3n) is 6.94. The molecule has 0 bridgehead atoms. The Morgan fingerprint density at radius 1 is 1.05 bits per heavy atom. The van der Waals surface area contributed by atoms with Gasteiger partial charge in [-0.2, -0.15) is 17.9 Å². The first kappa shape index (κ1) is 35.0. The maximum absolute atomic E-state index is 15.5. The van der Waals surface area contributed by atoms with Gasteiger partial charge in [-0.15, -0.1) is 0 Å². The Bertz CT molecular complexity index is 1630. The quantitative estimate of drug-likeness (QED) is 0.146. The molecule has 14 heteroatoms. The molecule has 0 saturated carbocycles. The van der Waals surface area contributed by atoms with E-state index < -0.39 is 47.1 Å². The van der Waals surface area contributed by atoms with Crippen LogP contribution in [0.3, 0.4) is 0 Å². The van der Waals surface area contributed by atoms with Gasteiger partial charge in [0.2, 0.25) is 0 Å². The molecule has 1 aromatic heterocycles. The van der Waals surface area contributed by atoms with Crippen LogP contribution in [0.4, 0.5) is 22.0 Å². The van der Waals surface area contributed by atoms with E-state index in [2.05, 4.69) is 5.32 Å². The maximum Gasteiger partial charge on any atom is 1.00 e. The molecule has 4 aromatic rings. The molecule has 0 aliphatic rings. The Balaban J connectivity index is 0.00000353. The minimum atomic E-state index is -4.87. The largest absolute Gasteiger partial charge is 1.00 e. The summed E-state index contributed by atoms with van der Waals surface area (Å²) >= 11 is 0. The van der Waals surface area contributed by atoms with Gasteiger partial charge in [-0.25, -0.2) is 8.78 Å². The molecule has 2 N–H and O–H groups in total. The normalized spacial score (nSPS) is 12.7. The molecule has 1 heterocycles. The third kappa shape index (κ3) is 7.57. The van der Waals surface area contributed by atoms with Crippen molar-refractivity contribution in [3.8, 4) is 17.1 Å². The smallest absolute Gasteiger partial charge is 1.00 e. The number of hydrogen-bond acceptors (Lipinski definition) is 5. The van der Waals surface area contributed by atoms with Gasteiger partial charge < -0.3 is 15.8 Å². The van der Waals surface area contributed by atoms with Crippen molar-refractivity contribution in [1.29, 1.82) is 0 Å². The van der Waals surface area contributed by atoms with Crippen molar-refractivity contribution in [2.24, 2.45) is 0 Å². The number of aliphatic carboxylic acids is 1. The number of carboxylic acids is 1. The van der Waals surface area contributed by atoms with Gasteiger partial charge in [0.05, 0.1) is 30.5 Å². The van der Waals surface area contributed by atoms with Gasteiger partial charge in [0.15, 0.2) is 23.0 Å². The summed E-state index contributed by atoms with van der Waals surface area (Å²) in [7, 11) is 1.28. The van der Waals surface area contributed by atoms with E-state index in [-0.39, 0.29) is 73.1 Å². The van der Waals surface area contributed by atoms with Gasteiger partial charge in [-0.3, -0.25) is 14.7 Å². The molecule has 8 nitrogen and oxygen atoms in total. The van der Waals surface area contributed by atoms with E-state index in [0.29, 0.717) is 5.56 Å². The molecule has 3 aromatic carbocycles. The SMILES string of the molecule is COc1cccc(-c2on([C@@](C)(NCCCC(=O)O)c3ccccc3)on(Cc3c(F)cccc3C(F)(F)F)c2C)c1F.[H-].[Na+]. The van der Waals surface area contributed by atoms with E-state index in [0.717, 1.165) is 27.9 Å². The van der Waals surface area contributed by atoms with Crippen molar-refractivity contribution >= 4 is 5.97 Å². The van der Waals surface area contributed by atoms with E-state index in [1.165, 1.54) is 32.2 Å². The predicted molar refractivity (Wildman–Crippen MR) is 147 cm³/mol. The van der Waals surface area contributed by atoms with Crippen LogP contribution in [-0.2, 0) is 23.2 Å². The summed E-state index contributed by atoms with van der Waals surface area (Å²) in [6.45, 7) is 2.48. The minimum absolute atomic E-state index is 0. The van der Waals surface area contributed by atoms with E-state index in [1.807, 2.05) is 0 Å². The molecule has 232 valence electrons. The van der Waals surface area contributed by atoms with Gasteiger partial charge >= 0.3 is 41.7 Å². The third-order valence-corrected chi connectivity index (χ3v) is 6.94. The van der Waals surface area contributed by atoms with Crippen LogP contribution in [0, 0.1) is 18.6 Å². The van der Waals surface area contributed by atoms with Crippen molar-refractivity contribution < 1.29 is 76.7 Å². The number of aromatic nitrogens is 2. The second-order valence-corrected chi connectivity index (χ2v) is 9.83. The van der Waals surface area contributed by atoms with Crippen LogP contribution in [0.2, 0.25) is 0 Å². The summed E-state index contributed by atoms with van der Waals surface area (Å²) in [6, 6.07) is 15.6. The molecule has 0 amide bonds. The fraction of sp³-hybridized carbons (Fsp3) is 0.300. The average Bonchev–Trinajstić information content (AvgIpc) is 2.97. The summed E-state index contributed by atoms with van der Waals surface area (Å²) in [5.74, 6) is -3.17. The summed E-state index contributed by atoms with van der Waals surface area (Å²) < 4.78 is 90.3. The number of hydrogen-bond donors (Lipinski definition) is 2. The van der Waals surface area contributed by atoms with Crippen LogP contribution >= 0.6 is 0 Å². The zero-order valence-electron chi connectivity index (χ0n) is 25.5. The van der Waals surface area contributed by atoms with Gasteiger partial charge in [0, 0.05) is 12.0 Å². The Hall–Kier alpha value is -3.52. The first-order valence-electron chi connectivity index (χ1n) is 13.2. The fourth-order valence-corrected chi connectivity index (χ4v) is 4.57. The molecule has 1 atom stereocenters. The van der Waals surface area contributed by atoms with E-state index in [9.17, 15) is 22.4 Å². The molecule has 0 unspecified atom stereocenters. The van der Waals surface area contributed by atoms with Crippen molar-refractivity contribution in [2.75, 3.05) is 13.7 Å². The summed E-state index contributed by atoms with van der Waals surface area (Å²) in [5.41, 5.74) is -2.81. The van der Waals surface area contributed by atoms with Crippen molar-refractivity contribution in [3.05, 3.63) is 101 Å². The molecule has 0 aliphatic carbocycles. The van der Waals surface area contributed by atoms with Crippen LogP contribution < -0.4 is 39.6 Å². The molecule has 0 radical (unpaired) electrons. The Morgan fingerprint density at radius 2 is 1.73 bits per heavy atom. The molecular formula is C30H31F5N3NaO5. The molecular weight excluding hydrogens is 600 g/mol. The average molecular weight is 632 g/mol. The topological polar surface area (TPSA) is 94.7 Å². The molecule has 0 fully saturated rings. The minimum Gasteiger partial charge on any atom is -1.00 e. The summed E-state index contributed by atoms with van der Waals surface area (Å²) in [5, 5.41) is 12.3. The fourth-order valence-electron chi connectivity index (χ4n) is 4.57. The standard InChI is InChI=1S/C30H30F5N3O5.Na.H/c1-19-28(21-12-7-15-25(41-3)27(21)32)42-38(29(2,20-10-5-4-6-11-20)36-17-9-16-26(39)40)43-37(19)18-22-23(30(33,34)35)13-8-14-24(22)31;;/h4-8,10-15,36H,9,16-18H2,1-3H3,(H,39,40);;/q;+1;-1/t29-;;/m1../s1. The summed E-state index contributed by atoms with van der Waals surface area (Å²) in [6.07, 6.45) is -4.79. The van der Waals surface area contributed by atoms with Crippen molar-refractivity contribution in [3.63, 3.8) is 0 Å². The van der Waals surface area contributed by atoms with Crippen LogP contribution in [-0.4, -0.2) is 34.4 Å². The number of carboxylic acid groups (broad SMARTS) is 1. The van der Waals surface area contributed by atoms with Gasteiger partial charge in [0.1, 0.15) is 5.82 Å². The summed E-state index contributed by atoms with van der Waals surface area (Å²) in [4.78, 5) is 12.0. The molecule has 44 heavy (non-hydrogen) atoms. The first-order valence-corrected chi connectivity index (χ1v) is 13.2. The monoisotopic (exact) mass is 631 g/mol. The van der Waals surface area contributed by atoms with Crippen LogP contribution in [0.5, 0.6) is 5.75 Å². The van der Waals surface area contributed by atoms with Crippen LogP contribution in [0.25, 0.3) is 11.3 Å². The second-order valence-electron chi connectivity index (χ2n) is 9.83. The molecule has 0 saturated heterocycles. The molecule has 4 rings (SSSR count). The molecule has 0 spiro atoms. The number of nitrogens with one attached hydrogen (secondary N) is 1. The number of rotatable bonds is 11.